The van der Waals surface area contributed by atoms with Gasteiger partial charge in [-0.15, -0.1) is 0 Å². The molecule has 1 rings (SSSR count). The first-order valence-electron chi connectivity index (χ1n) is 13.2. The Morgan fingerprint density at radius 3 is 1.25 bits per heavy atom. The second kappa shape index (κ2) is 14.9. The highest BCUT2D eigenvalue weighted by molar-refractivity contribution is 5.70. The van der Waals surface area contributed by atoms with E-state index in [4.69, 9.17) is 0 Å². The lowest BCUT2D eigenvalue weighted by Crippen LogP contribution is -2.61. The van der Waals surface area contributed by atoms with Crippen molar-refractivity contribution in [1.82, 2.24) is 20.0 Å². The number of carbonyl (C=O) groups is 3. The van der Waals surface area contributed by atoms with E-state index in [1.807, 2.05) is 42.4 Å². The van der Waals surface area contributed by atoms with Crippen molar-refractivity contribution in [3.8, 4) is 0 Å². The fourth-order valence-electron chi connectivity index (χ4n) is 5.27. The second-order valence-corrected chi connectivity index (χ2v) is 11.7. The van der Waals surface area contributed by atoms with Crippen molar-refractivity contribution in [1.29, 1.82) is 0 Å². The Labute approximate surface area is 217 Å². The molecule has 10 heteroatoms. The SMILES string of the molecule is CC(C)[C@H]1CN[C@@H](C(C)C)CN(CC(=O)O)[C@@H](C(C)C)CN(CC(=O)O)[C@@H](C(C)C)CN1CC(=O)O. The monoisotopic (exact) mass is 514 g/mol. The predicted octanol–water partition coefficient (Wildman–Crippen LogP) is 1.85. The summed E-state index contributed by atoms with van der Waals surface area (Å²) in [6.07, 6.45) is 0. The van der Waals surface area contributed by atoms with E-state index < -0.39 is 17.9 Å². The maximum atomic E-state index is 12.0. The van der Waals surface area contributed by atoms with E-state index in [1.54, 1.807) is 0 Å². The number of rotatable bonds is 10. The van der Waals surface area contributed by atoms with Crippen molar-refractivity contribution in [3.63, 3.8) is 0 Å². The summed E-state index contributed by atoms with van der Waals surface area (Å²) in [5.41, 5.74) is 0. The Kier molecular flexibility index (Phi) is 13.3. The van der Waals surface area contributed by atoms with Gasteiger partial charge in [-0.2, -0.15) is 0 Å². The van der Waals surface area contributed by atoms with Gasteiger partial charge in [0, 0.05) is 50.3 Å². The summed E-state index contributed by atoms with van der Waals surface area (Å²) in [6.45, 7) is 17.9. The molecule has 36 heavy (non-hydrogen) atoms. The maximum Gasteiger partial charge on any atom is 0.317 e. The lowest BCUT2D eigenvalue weighted by atomic mass is 9.93. The van der Waals surface area contributed by atoms with Gasteiger partial charge in [-0.3, -0.25) is 29.1 Å². The average molecular weight is 515 g/mol. The summed E-state index contributed by atoms with van der Waals surface area (Å²) in [6, 6.07) is -0.483. The van der Waals surface area contributed by atoms with Gasteiger partial charge in [-0.25, -0.2) is 0 Å². The van der Waals surface area contributed by atoms with Gasteiger partial charge in [0.1, 0.15) is 0 Å². The predicted molar refractivity (Wildman–Crippen MR) is 140 cm³/mol. The molecule has 4 atom stereocenters. The second-order valence-electron chi connectivity index (χ2n) is 11.7. The number of hydrogen-bond acceptors (Lipinski definition) is 7. The fourth-order valence-corrected chi connectivity index (χ4v) is 5.27. The highest BCUT2D eigenvalue weighted by Crippen LogP contribution is 2.23. The first-order valence-corrected chi connectivity index (χ1v) is 13.2. The molecule has 0 aliphatic carbocycles. The Hall–Kier alpha value is -1.75. The molecule has 4 N–H and O–H groups in total. The van der Waals surface area contributed by atoms with Crippen LogP contribution in [-0.2, 0) is 14.4 Å². The molecular formula is C26H50N4O6. The Balaban J connectivity index is 3.67. The minimum Gasteiger partial charge on any atom is -0.480 e. The van der Waals surface area contributed by atoms with E-state index in [1.165, 1.54) is 0 Å². The Morgan fingerprint density at radius 2 is 0.944 bits per heavy atom. The number of nitrogens with zero attached hydrogens (tertiary/aromatic N) is 3. The van der Waals surface area contributed by atoms with Crippen molar-refractivity contribution in [3.05, 3.63) is 0 Å². The van der Waals surface area contributed by atoms with Crippen LogP contribution in [0.2, 0.25) is 0 Å². The van der Waals surface area contributed by atoms with E-state index in [0.717, 1.165) is 0 Å². The molecule has 1 heterocycles. The van der Waals surface area contributed by atoms with Crippen molar-refractivity contribution >= 4 is 17.9 Å². The molecule has 0 spiro atoms. The summed E-state index contributed by atoms with van der Waals surface area (Å²) in [5, 5.41) is 32.9. The first kappa shape index (κ1) is 32.3. The molecule has 0 saturated carbocycles. The molecule has 0 aromatic carbocycles. The number of carboxylic acid groups (broad SMARTS) is 3. The van der Waals surface area contributed by atoms with Crippen LogP contribution < -0.4 is 5.32 Å². The molecule has 1 fully saturated rings. The van der Waals surface area contributed by atoms with Crippen LogP contribution in [0, 0.1) is 23.7 Å². The topological polar surface area (TPSA) is 134 Å². The van der Waals surface area contributed by atoms with E-state index in [-0.39, 0.29) is 67.5 Å². The van der Waals surface area contributed by atoms with Crippen LogP contribution in [0.4, 0.5) is 0 Å². The van der Waals surface area contributed by atoms with Crippen LogP contribution in [0.15, 0.2) is 0 Å². The van der Waals surface area contributed by atoms with Crippen LogP contribution in [0.5, 0.6) is 0 Å². The zero-order valence-corrected chi connectivity index (χ0v) is 23.5. The van der Waals surface area contributed by atoms with Gasteiger partial charge in [0.25, 0.3) is 0 Å². The zero-order chi connectivity index (χ0) is 27.7. The fraction of sp³-hybridized carbons (Fsp3) is 0.885. The van der Waals surface area contributed by atoms with E-state index >= 15 is 0 Å². The van der Waals surface area contributed by atoms with Gasteiger partial charge >= 0.3 is 17.9 Å². The molecule has 0 bridgehead atoms. The number of hydrogen-bond donors (Lipinski definition) is 4. The van der Waals surface area contributed by atoms with Crippen LogP contribution >= 0.6 is 0 Å². The third kappa shape index (κ3) is 10.3. The Morgan fingerprint density at radius 1 is 0.611 bits per heavy atom. The zero-order valence-electron chi connectivity index (χ0n) is 23.5. The highest BCUT2D eigenvalue weighted by Gasteiger charge is 2.36. The van der Waals surface area contributed by atoms with Crippen molar-refractivity contribution in [2.75, 3.05) is 45.8 Å². The summed E-state index contributed by atoms with van der Waals surface area (Å²) in [5.74, 6) is -2.24. The largest absolute Gasteiger partial charge is 0.480 e. The molecule has 0 aromatic rings. The third-order valence-electron chi connectivity index (χ3n) is 7.40. The maximum absolute atomic E-state index is 12.0. The third-order valence-corrected chi connectivity index (χ3v) is 7.40. The molecule has 0 aromatic heterocycles. The molecule has 1 aliphatic heterocycles. The van der Waals surface area contributed by atoms with Crippen molar-refractivity contribution < 1.29 is 29.7 Å². The quantitative estimate of drug-likeness (QED) is 0.342. The Bertz CT molecular complexity index is 701. The summed E-state index contributed by atoms with van der Waals surface area (Å²) in [7, 11) is 0. The summed E-state index contributed by atoms with van der Waals surface area (Å²) in [4.78, 5) is 41.6. The number of aliphatic carboxylic acids is 3. The first-order chi connectivity index (χ1) is 16.6. The van der Waals surface area contributed by atoms with Gasteiger partial charge in [-0.05, 0) is 23.7 Å². The molecule has 0 radical (unpaired) electrons. The highest BCUT2D eigenvalue weighted by atomic mass is 16.4. The number of carboxylic acids is 3. The van der Waals surface area contributed by atoms with E-state index in [0.29, 0.717) is 26.2 Å². The minimum atomic E-state index is -0.952. The lowest BCUT2D eigenvalue weighted by Gasteiger charge is -2.46. The van der Waals surface area contributed by atoms with Gasteiger partial charge < -0.3 is 20.6 Å². The van der Waals surface area contributed by atoms with E-state index in [9.17, 15) is 29.7 Å². The average Bonchev–Trinajstić information content (AvgIpc) is 2.70. The summed E-state index contributed by atoms with van der Waals surface area (Å²) < 4.78 is 0. The van der Waals surface area contributed by atoms with Crippen LogP contribution in [0.25, 0.3) is 0 Å². The molecule has 0 amide bonds. The molecule has 1 saturated heterocycles. The molecule has 10 nitrogen and oxygen atoms in total. The molecular weight excluding hydrogens is 464 g/mol. The van der Waals surface area contributed by atoms with Crippen molar-refractivity contribution in [2.45, 2.75) is 79.6 Å². The van der Waals surface area contributed by atoms with Crippen LogP contribution in [-0.4, -0.2) is 118 Å². The van der Waals surface area contributed by atoms with Crippen LogP contribution in [0.3, 0.4) is 0 Å². The van der Waals surface area contributed by atoms with Crippen molar-refractivity contribution in [2.24, 2.45) is 23.7 Å². The lowest BCUT2D eigenvalue weighted by molar-refractivity contribution is -0.143. The van der Waals surface area contributed by atoms with Gasteiger partial charge in [0.15, 0.2) is 0 Å². The molecule has 210 valence electrons. The van der Waals surface area contributed by atoms with Gasteiger partial charge in [0.2, 0.25) is 0 Å². The van der Waals surface area contributed by atoms with E-state index in [2.05, 4.69) is 33.0 Å². The van der Waals surface area contributed by atoms with Gasteiger partial charge in [-0.1, -0.05) is 55.4 Å². The smallest absolute Gasteiger partial charge is 0.317 e. The van der Waals surface area contributed by atoms with Crippen LogP contribution in [0.1, 0.15) is 55.4 Å². The molecule has 0 unspecified atom stereocenters. The normalized spacial score (nSPS) is 26.3. The summed E-state index contributed by atoms with van der Waals surface area (Å²) >= 11 is 0. The standard InChI is InChI=1S/C26H50N4O6/c1-16(2)20-10-28(13-24(31)32)22(18(5)6)12-30(15-26(35)36)23(19(7)8)11-29(14-25(33)34)21(9-27-20)17(3)4/h16-23,27H,9-15H2,1-8H3,(H,31,32)(H,33,34)(H,35,36)/t20-,21-,22-,23-/m1/s1. The molecule has 1 aliphatic rings. The number of nitrogens with one attached hydrogen (secondary N) is 1. The minimum absolute atomic E-state index is 0.00762. The van der Waals surface area contributed by atoms with Gasteiger partial charge in [0.05, 0.1) is 19.6 Å².